The monoisotopic (exact) mass is 136 g/mol. The average molecular weight is 136 g/mol. The molecule has 2 heteroatoms. The third-order valence-electron chi connectivity index (χ3n) is 2.08. The lowest BCUT2D eigenvalue weighted by Crippen LogP contribution is -2.11. The van der Waals surface area contributed by atoms with E-state index in [0.29, 0.717) is 6.04 Å². The first-order valence-electron chi connectivity index (χ1n) is 3.83. The van der Waals surface area contributed by atoms with Crippen molar-refractivity contribution in [3.8, 4) is 0 Å². The quantitative estimate of drug-likeness (QED) is 0.600. The summed E-state index contributed by atoms with van der Waals surface area (Å²) in [5, 5.41) is 3.44. The molecule has 1 saturated heterocycles. The van der Waals surface area contributed by atoms with Crippen LogP contribution in [0.25, 0.3) is 0 Å². The maximum Gasteiger partial charge on any atom is 0.0335 e. The van der Waals surface area contributed by atoms with Gasteiger partial charge in [-0.2, -0.15) is 0 Å². The smallest absolute Gasteiger partial charge is 0.0335 e. The van der Waals surface area contributed by atoms with E-state index in [9.17, 15) is 0 Å². The van der Waals surface area contributed by atoms with Crippen molar-refractivity contribution < 1.29 is 0 Å². The summed E-state index contributed by atoms with van der Waals surface area (Å²) >= 11 is 0. The molecule has 0 radical (unpaired) electrons. The minimum Gasteiger partial charge on any atom is -0.367 e. The van der Waals surface area contributed by atoms with Gasteiger partial charge in [0.25, 0.3) is 0 Å². The van der Waals surface area contributed by atoms with Crippen LogP contribution in [0.5, 0.6) is 0 Å². The second-order valence-corrected chi connectivity index (χ2v) is 2.79. The molecule has 10 heavy (non-hydrogen) atoms. The van der Waals surface area contributed by atoms with E-state index in [1.807, 2.05) is 6.20 Å². The molecule has 0 amide bonds. The van der Waals surface area contributed by atoms with Crippen molar-refractivity contribution in [2.24, 2.45) is 0 Å². The van der Waals surface area contributed by atoms with E-state index < -0.39 is 0 Å². The Kier molecular flexibility index (Phi) is 1.47. The van der Waals surface area contributed by atoms with Gasteiger partial charge in [0, 0.05) is 18.4 Å². The number of rotatable bonds is 1. The maximum atomic E-state index is 3.44. The Morgan fingerprint density at radius 2 is 2.50 bits per heavy atom. The van der Waals surface area contributed by atoms with E-state index in [4.69, 9.17) is 0 Å². The van der Waals surface area contributed by atoms with E-state index in [2.05, 4.69) is 22.6 Å². The van der Waals surface area contributed by atoms with Crippen molar-refractivity contribution >= 4 is 0 Å². The van der Waals surface area contributed by atoms with Gasteiger partial charge in [-0.1, -0.05) is 0 Å². The molecule has 1 aliphatic heterocycles. The minimum absolute atomic E-state index is 0.617. The largest absolute Gasteiger partial charge is 0.367 e. The first-order valence-corrected chi connectivity index (χ1v) is 3.83. The molecule has 0 bridgehead atoms. The lowest BCUT2D eigenvalue weighted by atomic mass is 10.1. The topological polar surface area (TPSA) is 27.8 Å². The number of aromatic amines is 1. The number of hydrogen-bond acceptors (Lipinski definition) is 1. The van der Waals surface area contributed by atoms with Crippen LogP contribution in [0.4, 0.5) is 0 Å². The summed E-state index contributed by atoms with van der Waals surface area (Å²) in [6.45, 7) is 1.18. The molecule has 54 valence electrons. The molecule has 1 aliphatic rings. The summed E-state index contributed by atoms with van der Waals surface area (Å²) in [5.74, 6) is 0. The van der Waals surface area contributed by atoms with E-state index >= 15 is 0 Å². The highest BCUT2D eigenvalue weighted by Gasteiger charge is 2.15. The first-order chi connectivity index (χ1) is 4.97. The average Bonchev–Trinajstić information content (AvgIpc) is 2.59. The highest BCUT2D eigenvalue weighted by Crippen LogP contribution is 2.21. The Balaban J connectivity index is 2.12. The zero-order valence-corrected chi connectivity index (χ0v) is 5.93. The first kappa shape index (κ1) is 5.98. The summed E-state index contributed by atoms with van der Waals surface area (Å²) in [5.41, 5.74) is 1.40. The lowest BCUT2D eigenvalue weighted by molar-refractivity contribution is 0.648. The summed E-state index contributed by atoms with van der Waals surface area (Å²) in [6, 6.07) is 2.76. The molecule has 1 atom stereocenters. The Bertz CT molecular complexity index is 185. The number of H-pyrrole nitrogens is 1. The Morgan fingerprint density at radius 3 is 3.10 bits per heavy atom. The van der Waals surface area contributed by atoms with Gasteiger partial charge in [0.15, 0.2) is 0 Å². The third-order valence-corrected chi connectivity index (χ3v) is 2.08. The number of hydrogen-bond donors (Lipinski definition) is 2. The fourth-order valence-electron chi connectivity index (χ4n) is 1.52. The van der Waals surface area contributed by atoms with Crippen LogP contribution in [0.2, 0.25) is 0 Å². The van der Waals surface area contributed by atoms with Gasteiger partial charge < -0.3 is 10.3 Å². The molecule has 0 spiro atoms. The van der Waals surface area contributed by atoms with Crippen LogP contribution in [0.3, 0.4) is 0 Å². The molecule has 2 rings (SSSR count). The highest BCUT2D eigenvalue weighted by molar-refractivity contribution is 5.14. The van der Waals surface area contributed by atoms with Crippen LogP contribution in [0, 0.1) is 0 Å². The van der Waals surface area contributed by atoms with Gasteiger partial charge in [0.2, 0.25) is 0 Å². The van der Waals surface area contributed by atoms with Crippen molar-refractivity contribution in [2.75, 3.05) is 6.54 Å². The fraction of sp³-hybridized carbons (Fsp3) is 0.500. The van der Waals surface area contributed by atoms with E-state index in [0.717, 1.165) is 0 Å². The van der Waals surface area contributed by atoms with Gasteiger partial charge in [-0.3, -0.25) is 0 Å². The SMILES string of the molecule is c1cc(C2CCCN2)c[nH]1. The Labute approximate surface area is 60.6 Å². The maximum absolute atomic E-state index is 3.44. The molecule has 0 saturated carbocycles. The van der Waals surface area contributed by atoms with Crippen LogP contribution >= 0.6 is 0 Å². The Hall–Kier alpha value is -0.760. The summed E-state index contributed by atoms with van der Waals surface area (Å²) in [4.78, 5) is 3.07. The van der Waals surface area contributed by atoms with Gasteiger partial charge in [-0.05, 0) is 31.0 Å². The van der Waals surface area contributed by atoms with Crippen molar-refractivity contribution in [2.45, 2.75) is 18.9 Å². The van der Waals surface area contributed by atoms with Gasteiger partial charge in [-0.15, -0.1) is 0 Å². The third kappa shape index (κ3) is 0.948. The van der Waals surface area contributed by atoms with Crippen LogP contribution in [-0.2, 0) is 0 Å². The molecule has 1 aromatic heterocycles. The molecule has 2 N–H and O–H groups in total. The number of aromatic nitrogens is 1. The second kappa shape index (κ2) is 2.46. The van der Waals surface area contributed by atoms with Crippen molar-refractivity contribution in [3.63, 3.8) is 0 Å². The number of nitrogens with one attached hydrogen (secondary N) is 2. The van der Waals surface area contributed by atoms with E-state index in [-0.39, 0.29) is 0 Å². The fourth-order valence-corrected chi connectivity index (χ4v) is 1.52. The molecule has 1 aromatic rings. The summed E-state index contributed by atoms with van der Waals surface area (Å²) < 4.78 is 0. The van der Waals surface area contributed by atoms with Crippen molar-refractivity contribution in [1.82, 2.24) is 10.3 Å². The minimum atomic E-state index is 0.617. The van der Waals surface area contributed by atoms with Crippen LogP contribution in [-0.4, -0.2) is 11.5 Å². The normalized spacial score (nSPS) is 25.4. The predicted molar refractivity (Wildman–Crippen MR) is 40.8 cm³/mol. The molecular weight excluding hydrogens is 124 g/mol. The van der Waals surface area contributed by atoms with Gasteiger partial charge in [0.05, 0.1) is 0 Å². The van der Waals surface area contributed by atoms with Gasteiger partial charge >= 0.3 is 0 Å². The standard InChI is InChI=1S/C8H12N2/c1-2-8(10-4-1)7-3-5-9-6-7/h3,5-6,8-10H,1-2,4H2. The molecular formula is C8H12N2. The molecule has 2 nitrogen and oxygen atoms in total. The molecule has 1 unspecified atom stereocenters. The van der Waals surface area contributed by atoms with Gasteiger partial charge in [0.1, 0.15) is 0 Å². The Morgan fingerprint density at radius 1 is 1.50 bits per heavy atom. The second-order valence-electron chi connectivity index (χ2n) is 2.79. The molecule has 1 fully saturated rings. The van der Waals surface area contributed by atoms with Crippen molar-refractivity contribution in [1.29, 1.82) is 0 Å². The summed E-state index contributed by atoms with van der Waals surface area (Å²) in [7, 11) is 0. The summed E-state index contributed by atoms with van der Waals surface area (Å²) in [6.07, 6.45) is 6.66. The van der Waals surface area contributed by atoms with Gasteiger partial charge in [-0.25, -0.2) is 0 Å². The molecule has 2 heterocycles. The zero-order valence-electron chi connectivity index (χ0n) is 5.93. The van der Waals surface area contributed by atoms with E-state index in [1.165, 1.54) is 24.9 Å². The van der Waals surface area contributed by atoms with Crippen molar-refractivity contribution in [3.05, 3.63) is 24.0 Å². The predicted octanol–water partition coefficient (Wildman–Crippen LogP) is 1.44. The van der Waals surface area contributed by atoms with E-state index in [1.54, 1.807) is 0 Å². The lowest BCUT2D eigenvalue weighted by Gasteiger charge is -2.05. The van der Waals surface area contributed by atoms with Crippen LogP contribution in [0.15, 0.2) is 18.5 Å². The zero-order chi connectivity index (χ0) is 6.81. The van der Waals surface area contributed by atoms with Crippen LogP contribution < -0.4 is 5.32 Å². The van der Waals surface area contributed by atoms with Crippen LogP contribution in [0.1, 0.15) is 24.4 Å². The molecule has 0 aliphatic carbocycles. The molecule has 0 aromatic carbocycles. The highest BCUT2D eigenvalue weighted by atomic mass is 14.9.